The van der Waals surface area contributed by atoms with Crippen LogP contribution in [-0.4, -0.2) is 18.5 Å². The predicted octanol–water partition coefficient (Wildman–Crippen LogP) is 1.43. The van der Waals surface area contributed by atoms with Crippen LogP contribution in [0.25, 0.3) is 0 Å². The molecular weight excluding hydrogens is 160 g/mol. The Kier molecular flexibility index (Phi) is 1.90. The largest absolute Gasteiger partial charge is 0.313 e. The molecule has 1 aliphatic heterocycles. The first-order valence-electron chi connectivity index (χ1n) is 3.30. The van der Waals surface area contributed by atoms with Crippen LogP contribution in [0.15, 0.2) is 0 Å². The Labute approximate surface area is 64.6 Å². The average Bonchev–Trinajstić information content (AvgIpc) is 2.19. The summed E-state index contributed by atoms with van der Waals surface area (Å²) in [5.74, 6) is -2.71. The summed E-state index contributed by atoms with van der Waals surface area (Å²) in [5.41, 5.74) is 0. The zero-order valence-electron chi connectivity index (χ0n) is 5.44. The Hall–Kier alpha value is 0.110. The van der Waals surface area contributed by atoms with Gasteiger partial charge in [-0.1, -0.05) is 0 Å². The van der Waals surface area contributed by atoms with Crippen LogP contribution in [0.4, 0.5) is 8.78 Å². The smallest absolute Gasteiger partial charge is 0.253 e. The molecule has 1 aliphatic carbocycles. The average molecular weight is 170 g/mol. The normalized spacial score (nSPS) is 41.4. The molecule has 1 heterocycles. The minimum Gasteiger partial charge on any atom is -0.313 e. The SMILES string of the molecule is Cl.FC1(F)C[C@@H]2C[C@H]1CN2. The van der Waals surface area contributed by atoms with Gasteiger partial charge in [0.15, 0.2) is 0 Å². The van der Waals surface area contributed by atoms with E-state index in [0.29, 0.717) is 13.0 Å². The second kappa shape index (κ2) is 2.31. The number of fused-ring (bicyclic) bond motifs is 2. The van der Waals surface area contributed by atoms with Crippen LogP contribution in [0.5, 0.6) is 0 Å². The maximum Gasteiger partial charge on any atom is 0.253 e. The van der Waals surface area contributed by atoms with Gasteiger partial charge in [0.05, 0.1) is 0 Å². The van der Waals surface area contributed by atoms with E-state index in [4.69, 9.17) is 0 Å². The van der Waals surface area contributed by atoms with Crippen LogP contribution in [0.1, 0.15) is 12.8 Å². The zero-order chi connectivity index (χ0) is 6.48. The number of hydrogen-bond donors (Lipinski definition) is 1. The van der Waals surface area contributed by atoms with E-state index in [1.54, 1.807) is 0 Å². The van der Waals surface area contributed by atoms with Gasteiger partial charge in [0.2, 0.25) is 0 Å². The maximum atomic E-state index is 12.6. The van der Waals surface area contributed by atoms with E-state index in [1.165, 1.54) is 0 Å². The van der Waals surface area contributed by atoms with E-state index in [0.717, 1.165) is 0 Å². The molecule has 0 aromatic rings. The summed E-state index contributed by atoms with van der Waals surface area (Å²) in [5, 5.41) is 3.03. The van der Waals surface area contributed by atoms with Crippen molar-refractivity contribution in [2.45, 2.75) is 24.8 Å². The van der Waals surface area contributed by atoms with Crippen LogP contribution >= 0.6 is 12.4 Å². The molecule has 2 fully saturated rings. The molecule has 2 bridgehead atoms. The first kappa shape index (κ1) is 8.21. The summed E-state index contributed by atoms with van der Waals surface area (Å²) < 4.78 is 25.2. The lowest BCUT2D eigenvalue weighted by Crippen LogP contribution is -2.36. The van der Waals surface area contributed by atoms with E-state index in [1.807, 2.05) is 0 Å². The van der Waals surface area contributed by atoms with Crippen LogP contribution in [0.2, 0.25) is 0 Å². The van der Waals surface area contributed by atoms with Crippen molar-refractivity contribution in [1.82, 2.24) is 5.32 Å². The first-order valence-corrected chi connectivity index (χ1v) is 3.30. The molecule has 0 aromatic heterocycles. The number of rotatable bonds is 0. The summed E-state index contributed by atoms with van der Waals surface area (Å²) >= 11 is 0. The van der Waals surface area contributed by atoms with Crippen LogP contribution < -0.4 is 5.32 Å². The Morgan fingerprint density at radius 1 is 1.40 bits per heavy atom. The molecule has 0 unspecified atom stereocenters. The lowest BCUT2D eigenvalue weighted by Gasteiger charge is -2.21. The minimum absolute atomic E-state index is 0. The highest BCUT2D eigenvalue weighted by atomic mass is 35.5. The highest BCUT2D eigenvalue weighted by molar-refractivity contribution is 5.85. The molecule has 1 saturated carbocycles. The molecule has 0 spiro atoms. The van der Waals surface area contributed by atoms with E-state index >= 15 is 0 Å². The molecule has 1 N–H and O–H groups in total. The van der Waals surface area contributed by atoms with Crippen LogP contribution in [0, 0.1) is 5.92 Å². The Bertz CT molecular complexity index is 140. The Morgan fingerprint density at radius 3 is 2.30 bits per heavy atom. The van der Waals surface area contributed by atoms with E-state index in [2.05, 4.69) is 5.32 Å². The molecule has 2 rings (SSSR count). The van der Waals surface area contributed by atoms with Crippen LogP contribution in [-0.2, 0) is 0 Å². The third-order valence-electron chi connectivity index (χ3n) is 2.34. The van der Waals surface area contributed by atoms with Crippen molar-refractivity contribution < 1.29 is 8.78 Å². The summed E-state index contributed by atoms with van der Waals surface area (Å²) in [4.78, 5) is 0. The Balaban J connectivity index is 0.000000500. The predicted molar refractivity (Wildman–Crippen MR) is 36.7 cm³/mol. The second-order valence-corrected chi connectivity index (χ2v) is 3.00. The van der Waals surface area contributed by atoms with Crippen molar-refractivity contribution in [2.24, 2.45) is 5.92 Å². The van der Waals surface area contributed by atoms with Crippen molar-refractivity contribution in [1.29, 1.82) is 0 Å². The third-order valence-corrected chi connectivity index (χ3v) is 2.34. The van der Waals surface area contributed by atoms with Gasteiger partial charge in [-0.3, -0.25) is 0 Å². The number of nitrogens with one attached hydrogen (secondary N) is 1. The van der Waals surface area contributed by atoms with E-state index in [-0.39, 0.29) is 30.8 Å². The lowest BCUT2D eigenvalue weighted by molar-refractivity contribution is -0.0451. The highest BCUT2D eigenvalue weighted by Crippen LogP contribution is 2.43. The minimum atomic E-state index is -2.35. The first-order chi connectivity index (χ1) is 4.18. The summed E-state index contributed by atoms with van der Waals surface area (Å²) in [6.45, 7) is 0.525. The van der Waals surface area contributed by atoms with Gasteiger partial charge in [0.1, 0.15) is 0 Å². The van der Waals surface area contributed by atoms with Gasteiger partial charge in [0, 0.05) is 24.9 Å². The fourth-order valence-electron chi connectivity index (χ4n) is 1.79. The van der Waals surface area contributed by atoms with Gasteiger partial charge < -0.3 is 5.32 Å². The number of hydrogen-bond acceptors (Lipinski definition) is 1. The summed E-state index contributed by atoms with van der Waals surface area (Å²) in [6.07, 6.45) is 0.755. The molecule has 0 aromatic carbocycles. The standard InChI is InChI=1S/C6H9F2N.ClH/c7-6(8)2-5-1-4(6)3-9-5;/h4-5,9H,1-3H2;1H/t4-,5-;/m0./s1. The third kappa shape index (κ3) is 1.01. The van der Waals surface area contributed by atoms with Crippen molar-refractivity contribution in [2.75, 3.05) is 6.54 Å². The molecule has 1 saturated heterocycles. The van der Waals surface area contributed by atoms with Crippen molar-refractivity contribution in [3.05, 3.63) is 0 Å². The molecule has 0 amide bonds. The fourth-order valence-corrected chi connectivity index (χ4v) is 1.79. The van der Waals surface area contributed by atoms with E-state index < -0.39 is 5.92 Å². The molecule has 1 nitrogen and oxygen atoms in total. The quantitative estimate of drug-likeness (QED) is 0.579. The number of halogens is 3. The molecule has 60 valence electrons. The number of piperidine rings is 1. The number of alkyl halides is 2. The Morgan fingerprint density at radius 2 is 2.10 bits per heavy atom. The van der Waals surface area contributed by atoms with Crippen molar-refractivity contribution in [3.8, 4) is 0 Å². The molecular formula is C6H10ClF2N. The van der Waals surface area contributed by atoms with Gasteiger partial charge in [-0.25, -0.2) is 8.78 Å². The van der Waals surface area contributed by atoms with Gasteiger partial charge in [-0.15, -0.1) is 12.4 Å². The molecule has 0 radical (unpaired) electrons. The topological polar surface area (TPSA) is 12.0 Å². The van der Waals surface area contributed by atoms with Gasteiger partial charge in [-0.05, 0) is 6.42 Å². The maximum absolute atomic E-state index is 12.6. The summed E-state index contributed by atoms with van der Waals surface area (Å²) in [7, 11) is 0. The summed E-state index contributed by atoms with van der Waals surface area (Å²) in [6, 6.07) is 0.116. The fraction of sp³-hybridized carbons (Fsp3) is 1.00. The molecule has 4 heteroatoms. The molecule has 2 aliphatic rings. The monoisotopic (exact) mass is 169 g/mol. The zero-order valence-corrected chi connectivity index (χ0v) is 6.26. The van der Waals surface area contributed by atoms with Gasteiger partial charge in [-0.2, -0.15) is 0 Å². The molecule has 2 atom stereocenters. The lowest BCUT2D eigenvalue weighted by atomic mass is 10.1. The highest BCUT2D eigenvalue weighted by Gasteiger charge is 2.52. The van der Waals surface area contributed by atoms with Gasteiger partial charge >= 0.3 is 0 Å². The molecule has 10 heavy (non-hydrogen) atoms. The van der Waals surface area contributed by atoms with Crippen molar-refractivity contribution in [3.63, 3.8) is 0 Å². The van der Waals surface area contributed by atoms with Crippen molar-refractivity contribution >= 4 is 12.4 Å². The van der Waals surface area contributed by atoms with E-state index in [9.17, 15) is 8.78 Å². The second-order valence-electron chi connectivity index (χ2n) is 3.00. The van der Waals surface area contributed by atoms with Crippen LogP contribution in [0.3, 0.4) is 0 Å². The van der Waals surface area contributed by atoms with Gasteiger partial charge in [0.25, 0.3) is 5.92 Å².